The van der Waals surface area contributed by atoms with Gasteiger partial charge in [-0.05, 0) is 18.2 Å². The zero-order valence-corrected chi connectivity index (χ0v) is 8.81. The summed E-state index contributed by atoms with van der Waals surface area (Å²) < 4.78 is 13.1. The Hall–Kier alpha value is -1.29. The third-order valence-electron chi connectivity index (χ3n) is 2.12. The highest BCUT2D eigenvalue weighted by Crippen LogP contribution is 2.18. The van der Waals surface area contributed by atoms with Crippen LogP contribution in [0.4, 0.5) is 10.1 Å². The van der Waals surface area contributed by atoms with Gasteiger partial charge in [-0.25, -0.2) is 4.39 Å². The quantitative estimate of drug-likeness (QED) is 0.828. The first-order chi connectivity index (χ1) is 7.25. The summed E-state index contributed by atoms with van der Waals surface area (Å²) in [5.41, 5.74) is 0.702. The average molecular weight is 228 g/mol. The second-order valence-corrected chi connectivity index (χ2v) is 3.64. The van der Waals surface area contributed by atoms with E-state index in [0.29, 0.717) is 12.2 Å². The van der Waals surface area contributed by atoms with Crippen molar-refractivity contribution in [3.8, 4) is 0 Å². The lowest BCUT2D eigenvalue weighted by atomic mass is 10.3. The van der Waals surface area contributed by atoms with Crippen LogP contribution in [0.5, 0.6) is 0 Å². The molecule has 3 nitrogen and oxygen atoms in total. The van der Waals surface area contributed by atoms with Gasteiger partial charge in [0, 0.05) is 12.2 Å². The van der Waals surface area contributed by atoms with Crippen LogP contribution in [0.2, 0.25) is 5.02 Å². The highest BCUT2D eigenvalue weighted by atomic mass is 35.5. The molecule has 0 fully saturated rings. The molecule has 15 heavy (non-hydrogen) atoms. The van der Waals surface area contributed by atoms with Gasteiger partial charge in [0.05, 0.1) is 18.1 Å². The number of aliphatic imine (C=N–C) groups is 1. The van der Waals surface area contributed by atoms with E-state index < -0.39 is 5.82 Å². The summed E-state index contributed by atoms with van der Waals surface area (Å²) in [6.07, 6.45) is 0. The molecule has 2 N–H and O–H groups in total. The molecule has 0 spiro atoms. The summed E-state index contributed by atoms with van der Waals surface area (Å²) in [4.78, 5) is 4.21. The molecule has 0 radical (unpaired) electrons. The van der Waals surface area contributed by atoms with E-state index in [4.69, 9.17) is 11.6 Å². The SMILES string of the molecule is Fc1cc(NCC2=NCCN2)ccc1Cl. The van der Waals surface area contributed by atoms with Gasteiger partial charge in [0.2, 0.25) is 0 Å². The fraction of sp³-hybridized carbons (Fsp3) is 0.300. The zero-order chi connectivity index (χ0) is 10.7. The molecule has 1 heterocycles. The molecule has 5 heteroatoms. The minimum atomic E-state index is -0.414. The lowest BCUT2D eigenvalue weighted by Gasteiger charge is -2.07. The van der Waals surface area contributed by atoms with Gasteiger partial charge in [-0.1, -0.05) is 11.6 Å². The first kappa shape index (κ1) is 10.2. The molecule has 0 saturated heterocycles. The molecule has 0 unspecified atom stereocenters. The van der Waals surface area contributed by atoms with Gasteiger partial charge in [0.25, 0.3) is 0 Å². The molecular weight excluding hydrogens is 217 g/mol. The van der Waals surface area contributed by atoms with Crippen LogP contribution in [0.3, 0.4) is 0 Å². The second-order valence-electron chi connectivity index (χ2n) is 3.24. The van der Waals surface area contributed by atoms with Gasteiger partial charge >= 0.3 is 0 Å². The van der Waals surface area contributed by atoms with Crippen molar-refractivity contribution in [1.82, 2.24) is 5.32 Å². The number of nitrogens with one attached hydrogen (secondary N) is 2. The number of halogens is 2. The molecule has 0 saturated carbocycles. The topological polar surface area (TPSA) is 36.4 Å². The number of benzene rings is 1. The van der Waals surface area contributed by atoms with E-state index in [9.17, 15) is 4.39 Å². The summed E-state index contributed by atoms with van der Waals surface area (Å²) in [5.74, 6) is 0.494. The summed E-state index contributed by atoms with van der Waals surface area (Å²) in [5, 5.41) is 6.32. The predicted molar refractivity (Wildman–Crippen MR) is 60.2 cm³/mol. The number of amidine groups is 1. The van der Waals surface area contributed by atoms with Gasteiger partial charge < -0.3 is 10.6 Å². The Balaban J connectivity index is 1.96. The fourth-order valence-electron chi connectivity index (χ4n) is 1.36. The maximum atomic E-state index is 13.1. The van der Waals surface area contributed by atoms with Gasteiger partial charge in [-0.15, -0.1) is 0 Å². The average Bonchev–Trinajstić information content (AvgIpc) is 2.73. The Labute approximate surface area is 92.3 Å². The third kappa shape index (κ3) is 2.59. The molecule has 0 aliphatic carbocycles. The van der Waals surface area contributed by atoms with Crippen LogP contribution in [-0.2, 0) is 0 Å². The molecule has 0 atom stereocenters. The molecule has 1 aliphatic heterocycles. The predicted octanol–water partition coefficient (Wildman–Crippen LogP) is 1.89. The third-order valence-corrected chi connectivity index (χ3v) is 2.43. The summed E-state index contributed by atoms with van der Waals surface area (Å²) in [6.45, 7) is 2.28. The lowest BCUT2D eigenvalue weighted by molar-refractivity contribution is 0.629. The Morgan fingerprint density at radius 3 is 3.07 bits per heavy atom. The van der Waals surface area contributed by atoms with Crippen LogP contribution in [0.15, 0.2) is 23.2 Å². The summed E-state index contributed by atoms with van der Waals surface area (Å²) in [6, 6.07) is 4.64. The van der Waals surface area contributed by atoms with Crippen molar-refractivity contribution in [1.29, 1.82) is 0 Å². The highest BCUT2D eigenvalue weighted by molar-refractivity contribution is 6.30. The molecule has 80 valence electrons. The molecule has 1 aromatic carbocycles. The lowest BCUT2D eigenvalue weighted by Crippen LogP contribution is -2.26. The van der Waals surface area contributed by atoms with Crippen molar-refractivity contribution < 1.29 is 4.39 Å². The Morgan fingerprint density at radius 2 is 2.40 bits per heavy atom. The smallest absolute Gasteiger partial charge is 0.143 e. The summed E-state index contributed by atoms with van der Waals surface area (Å²) in [7, 11) is 0. The van der Waals surface area contributed by atoms with Crippen molar-refractivity contribution in [3.05, 3.63) is 29.0 Å². The van der Waals surface area contributed by atoms with E-state index in [1.807, 2.05) is 0 Å². The minimum absolute atomic E-state index is 0.136. The van der Waals surface area contributed by atoms with Gasteiger partial charge in [-0.3, -0.25) is 4.99 Å². The number of rotatable bonds is 3. The number of anilines is 1. The molecular formula is C10H11ClFN3. The van der Waals surface area contributed by atoms with E-state index in [1.165, 1.54) is 12.1 Å². The Kier molecular flexibility index (Phi) is 3.06. The van der Waals surface area contributed by atoms with Gasteiger partial charge in [-0.2, -0.15) is 0 Å². The first-order valence-electron chi connectivity index (χ1n) is 4.72. The number of hydrogen-bond acceptors (Lipinski definition) is 3. The normalized spacial score (nSPS) is 14.7. The fourth-order valence-corrected chi connectivity index (χ4v) is 1.47. The van der Waals surface area contributed by atoms with Gasteiger partial charge in [0.1, 0.15) is 11.7 Å². The molecule has 0 amide bonds. The maximum absolute atomic E-state index is 13.1. The largest absolute Gasteiger partial charge is 0.378 e. The Bertz CT molecular complexity index is 392. The maximum Gasteiger partial charge on any atom is 0.143 e. The number of hydrogen-bond donors (Lipinski definition) is 2. The van der Waals surface area contributed by atoms with E-state index >= 15 is 0 Å². The zero-order valence-electron chi connectivity index (χ0n) is 8.06. The van der Waals surface area contributed by atoms with E-state index in [-0.39, 0.29) is 5.02 Å². The monoisotopic (exact) mass is 227 g/mol. The molecule has 0 bridgehead atoms. The molecule has 0 aromatic heterocycles. The second kappa shape index (κ2) is 4.49. The van der Waals surface area contributed by atoms with Gasteiger partial charge in [0.15, 0.2) is 0 Å². The van der Waals surface area contributed by atoms with Crippen LogP contribution in [0.1, 0.15) is 0 Å². The van der Waals surface area contributed by atoms with Crippen LogP contribution < -0.4 is 10.6 Å². The first-order valence-corrected chi connectivity index (χ1v) is 5.09. The van der Waals surface area contributed by atoms with Crippen molar-refractivity contribution >= 4 is 23.1 Å². The van der Waals surface area contributed by atoms with Crippen molar-refractivity contribution in [2.45, 2.75) is 0 Å². The molecule has 1 aromatic rings. The van der Waals surface area contributed by atoms with Crippen molar-refractivity contribution in [2.75, 3.05) is 25.0 Å². The van der Waals surface area contributed by atoms with E-state index in [0.717, 1.165) is 18.9 Å². The van der Waals surface area contributed by atoms with E-state index in [1.54, 1.807) is 6.07 Å². The van der Waals surface area contributed by atoms with Crippen LogP contribution >= 0.6 is 11.6 Å². The van der Waals surface area contributed by atoms with Crippen LogP contribution in [0, 0.1) is 5.82 Å². The molecule has 2 rings (SSSR count). The van der Waals surface area contributed by atoms with Crippen LogP contribution in [0.25, 0.3) is 0 Å². The van der Waals surface area contributed by atoms with Crippen LogP contribution in [-0.4, -0.2) is 25.5 Å². The van der Waals surface area contributed by atoms with Crippen molar-refractivity contribution in [3.63, 3.8) is 0 Å². The minimum Gasteiger partial charge on any atom is -0.378 e. The highest BCUT2D eigenvalue weighted by Gasteiger charge is 2.05. The summed E-state index contributed by atoms with van der Waals surface area (Å²) >= 11 is 5.57. The standard InChI is InChI=1S/C10H11ClFN3/c11-8-2-1-7(5-9(8)12)15-6-10-13-3-4-14-10/h1-2,5,15H,3-4,6H2,(H,13,14). The van der Waals surface area contributed by atoms with E-state index in [2.05, 4.69) is 15.6 Å². The Morgan fingerprint density at radius 1 is 1.53 bits per heavy atom. The number of nitrogens with zero attached hydrogens (tertiary/aromatic N) is 1. The molecule has 1 aliphatic rings. The van der Waals surface area contributed by atoms with Crippen molar-refractivity contribution in [2.24, 2.45) is 4.99 Å².